The van der Waals surface area contributed by atoms with Crippen molar-refractivity contribution < 1.29 is 4.74 Å². The molecule has 1 heteroatoms. The van der Waals surface area contributed by atoms with E-state index in [4.69, 9.17) is 4.74 Å². The summed E-state index contributed by atoms with van der Waals surface area (Å²) in [5.41, 5.74) is 0. The van der Waals surface area contributed by atoms with E-state index >= 15 is 0 Å². The second kappa shape index (κ2) is 3.38. The van der Waals surface area contributed by atoms with E-state index in [1.54, 1.807) is 0 Å². The third-order valence-electron chi connectivity index (χ3n) is 2.23. The third kappa shape index (κ3) is 1.98. The molecule has 0 spiro atoms. The summed E-state index contributed by atoms with van der Waals surface area (Å²) < 4.78 is 5.72. The molecule has 0 radical (unpaired) electrons. The molecule has 10 heavy (non-hydrogen) atoms. The van der Waals surface area contributed by atoms with Crippen molar-refractivity contribution in [2.45, 2.75) is 52.2 Å². The van der Waals surface area contributed by atoms with Gasteiger partial charge in [-0.15, -0.1) is 0 Å². The summed E-state index contributed by atoms with van der Waals surface area (Å²) in [5.74, 6) is 0.794. The molecule has 0 amide bonds. The normalized spacial score (nSPS) is 33.6. The zero-order chi connectivity index (χ0) is 7.56. The molecule has 0 aromatic carbocycles. The molecule has 0 saturated heterocycles. The van der Waals surface area contributed by atoms with Gasteiger partial charge in [0.05, 0.1) is 12.2 Å². The lowest BCUT2D eigenvalue weighted by Gasteiger charge is -2.18. The van der Waals surface area contributed by atoms with E-state index < -0.39 is 0 Å². The molecule has 2 atom stereocenters. The van der Waals surface area contributed by atoms with Crippen LogP contribution >= 0.6 is 0 Å². The van der Waals surface area contributed by atoms with Gasteiger partial charge in [-0.25, -0.2) is 0 Å². The third-order valence-corrected chi connectivity index (χ3v) is 2.23. The van der Waals surface area contributed by atoms with Crippen LogP contribution in [-0.4, -0.2) is 12.2 Å². The summed E-state index contributed by atoms with van der Waals surface area (Å²) in [6.45, 7) is 6.52. The highest BCUT2D eigenvalue weighted by Crippen LogP contribution is 2.28. The van der Waals surface area contributed by atoms with Crippen molar-refractivity contribution in [3.63, 3.8) is 0 Å². The quantitative estimate of drug-likeness (QED) is 0.576. The number of ether oxygens (including phenoxy) is 1. The van der Waals surface area contributed by atoms with Crippen molar-refractivity contribution in [1.29, 1.82) is 0 Å². The first-order chi connectivity index (χ1) is 4.70. The molecule has 0 N–H and O–H groups in total. The molecule has 2 unspecified atom stereocenters. The highest BCUT2D eigenvalue weighted by molar-refractivity contribution is 4.74. The fourth-order valence-corrected chi connectivity index (χ4v) is 1.66. The molecule has 1 aliphatic carbocycles. The van der Waals surface area contributed by atoms with Crippen LogP contribution in [0.1, 0.15) is 40.0 Å². The van der Waals surface area contributed by atoms with Crippen LogP contribution in [0.2, 0.25) is 0 Å². The number of hydrogen-bond acceptors (Lipinski definition) is 1. The molecule has 0 aliphatic heterocycles. The molecule has 0 bridgehead atoms. The topological polar surface area (TPSA) is 9.23 Å². The Morgan fingerprint density at radius 3 is 2.40 bits per heavy atom. The molecular weight excluding hydrogens is 124 g/mol. The second-order valence-corrected chi connectivity index (χ2v) is 3.63. The van der Waals surface area contributed by atoms with Crippen LogP contribution in [0.3, 0.4) is 0 Å². The lowest BCUT2D eigenvalue weighted by molar-refractivity contribution is -0.00908. The van der Waals surface area contributed by atoms with Gasteiger partial charge in [0.1, 0.15) is 0 Å². The second-order valence-electron chi connectivity index (χ2n) is 3.63. The molecule has 1 saturated carbocycles. The molecule has 0 heterocycles. The highest BCUT2D eigenvalue weighted by Gasteiger charge is 2.24. The molecule has 1 fully saturated rings. The summed E-state index contributed by atoms with van der Waals surface area (Å²) in [6.07, 6.45) is 4.96. The standard InChI is InChI=1S/C9H18O/c1-7(2)10-9-6-4-5-8(9)3/h7-9H,4-6H2,1-3H3. The maximum atomic E-state index is 5.72. The maximum absolute atomic E-state index is 5.72. The van der Waals surface area contributed by atoms with E-state index in [1.165, 1.54) is 19.3 Å². The van der Waals surface area contributed by atoms with E-state index in [2.05, 4.69) is 20.8 Å². The van der Waals surface area contributed by atoms with Gasteiger partial charge >= 0.3 is 0 Å². The number of rotatable bonds is 2. The van der Waals surface area contributed by atoms with E-state index in [0.717, 1.165) is 5.92 Å². The molecule has 0 aromatic heterocycles. The highest BCUT2D eigenvalue weighted by atomic mass is 16.5. The minimum absolute atomic E-state index is 0.408. The van der Waals surface area contributed by atoms with E-state index in [9.17, 15) is 0 Å². The van der Waals surface area contributed by atoms with Crippen molar-refractivity contribution >= 4 is 0 Å². The Balaban J connectivity index is 2.26. The van der Waals surface area contributed by atoms with Crippen molar-refractivity contribution in [3.8, 4) is 0 Å². The number of hydrogen-bond donors (Lipinski definition) is 0. The van der Waals surface area contributed by atoms with Gasteiger partial charge < -0.3 is 4.74 Å². The summed E-state index contributed by atoms with van der Waals surface area (Å²) in [6, 6.07) is 0. The first-order valence-electron chi connectivity index (χ1n) is 4.35. The van der Waals surface area contributed by atoms with Crippen LogP contribution in [0.5, 0.6) is 0 Å². The lowest BCUT2D eigenvalue weighted by atomic mass is 10.1. The van der Waals surface area contributed by atoms with Gasteiger partial charge in [-0.05, 0) is 32.6 Å². The Bertz CT molecular complexity index is 98.9. The first-order valence-corrected chi connectivity index (χ1v) is 4.35. The van der Waals surface area contributed by atoms with Crippen LogP contribution in [0.15, 0.2) is 0 Å². The van der Waals surface area contributed by atoms with Crippen molar-refractivity contribution in [3.05, 3.63) is 0 Å². The van der Waals surface area contributed by atoms with E-state index in [-0.39, 0.29) is 0 Å². The van der Waals surface area contributed by atoms with Gasteiger partial charge in [0.2, 0.25) is 0 Å². The predicted octanol–water partition coefficient (Wildman–Crippen LogP) is 2.60. The van der Waals surface area contributed by atoms with Crippen LogP contribution in [0.25, 0.3) is 0 Å². The average molecular weight is 142 g/mol. The lowest BCUT2D eigenvalue weighted by Crippen LogP contribution is -2.19. The maximum Gasteiger partial charge on any atom is 0.0604 e. The minimum Gasteiger partial charge on any atom is -0.375 e. The Morgan fingerprint density at radius 2 is 2.00 bits per heavy atom. The average Bonchev–Trinajstić information content (AvgIpc) is 2.15. The fraction of sp³-hybridized carbons (Fsp3) is 1.00. The van der Waals surface area contributed by atoms with Gasteiger partial charge in [-0.1, -0.05) is 13.3 Å². The fourth-order valence-electron chi connectivity index (χ4n) is 1.66. The minimum atomic E-state index is 0.408. The van der Waals surface area contributed by atoms with Gasteiger partial charge in [0.25, 0.3) is 0 Å². The zero-order valence-electron chi connectivity index (χ0n) is 7.26. The molecule has 1 rings (SSSR count). The van der Waals surface area contributed by atoms with Crippen LogP contribution < -0.4 is 0 Å². The van der Waals surface area contributed by atoms with Crippen molar-refractivity contribution in [2.75, 3.05) is 0 Å². The molecule has 0 aromatic rings. The SMILES string of the molecule is CC(C)OC1CCCC1C. The van der Waals surface area contributed by atoms with Gasteiger partial charge in [-0.3, -0.25) is 0 Å². The van der Waals surface area contributed by atoms with Gasteiger partial charge in [-0.2, -0.15) is 0 Å². The molecule has 1 nitrogen and oxygen atoms in total. The Hall–Kier alpha value is -0.0400. The monoisotopic (exact) mass is 142 g/mol. The molecule has 1 aliphatic rings. The first kappa shape index (κ1) is 8.06. The van der Waals surface area contributed by atoms with Gasteiger partial charge in [0, 0.05) is 0 Å². The smallest absolute Gasteiger partial charge is 0.0604 e. The predicted molar refractivity (Wildman–Crippen MR) is 43.0 cm³/mol. The Morgan fingerprint density at radius 1 is 1.30 bits per heavy atom. The van der Waals surface area contributed by atoms with Gasteiger partial charge in [0.15, 0.2) is 0 Å². The van der Waals surface area contributed by atoms with E-state index in [1.807, 2.05) is 0 Å². The summed E-state index contributed by atoms with van der Waals surface area (Å²) in [4.78, 5) is 0. The Labute approximate surface area is 63.8 Å². The van der Waals surface area contributed by atoms with Crippen LogP contribution in [0, 0.1) is 5.92 Å². The van der Waals surface area contributed by atoms with E-state index in [0.29, 0.717) is 12.2 Å². The Kier molecular flexibility index (Phi) is 2.72. The summed E-state index contributed by atoms with van der Waals surface area (Å²) in [5, 5.41) is 0. The van der Waals surface area contributed by atoms with Crippen molar-refractivity contribution in [2.24, 2.45) is 5.92 Å². The largest absolute Gasteiger partial charge is 0.375 e. The van der Waals surface area contributed by atoms with Crippen LogP contribution in [0.4, 0.5) is 0 Å². The van der Waals surface area contributed by atoms with Crippen LogP contribution in [-0.2, 0) is 4.74 Å². The summed E-state index contributed by atoms with van der Waals surface area (Å²) in [7, 11) is 0. The molecular formula is C9H18O. The molecule has 60 valence electrons. The zero-order valence-corrected chi connectivity index (χ0v) is 7.26. The summed E-state index contributed by atoms with van der Waals surface area (Å²) >= 11 is 0. The van der Waals surface area contributed by atoms with Crippen molar-refractivity contribution in [1.82, 2.24) is 0 Å².